The summed E-state index contributed by atoms with van der Waals surface area (Å²) in [5, 5.41) is 2.77. The van der Waals surface area contributed by atoms with Crippen LogP contribution in [-0.2, 0) is 11.3 Å². The largest absolute Gasteiger partial charge is 0.398 e. The zero-order valence-electron chi connectivity index (χ0n) is 10.6. The predicted octanol–water partition coefficient (Wildman–Crippen LogP) is 1.36. The zero-order chi connectivity index (χ0) is 13.7. The van der Waals surface area contributed by atoms with E-state index in [1.165, 1.54) is 16.8 Å². The molecule has 0 saturated carbocycles. The summed E-state index contributed by atoms with van der Waals surface area (Å²) in [5.41, 5.74) is 5.80. The fourth-order valence-corrected chi connectivity index (χ4v) is 1.94. The molecule has 5 nitrogen and oxygen atoms in total. The van der Waals surface area contributed by atoms with Gasteiger partial charge in [0.15, 0.2) is 0 Å². The molecule has 0 aliphatic rings. The molecule has 0 atom stereocenters. The quantitative estimate of drug-likeness (QED) is 0.861. The number of amides is 1. The lowest BCUT2D eigenvalue weighted by molar-refractivity contribution is -0.121. The SMILES string of the molecule is CC(C)CCNC(=O)Cn1cc(N)cc(Br)c1=O. The molecule has 1 aromatic heterocycles. The van der Waals surface area contributed by atoms with E-state index in [-0.39, 0.29) is 18.0 Å². The number of pyridine rings is 1. The van der Waals surface area contributed by atoms with Gasteiger partial charge in [0.2, 0.25) is 5.91 Å². The highest BCUT2D eigenvalue weighted by molar-refractivity contribution is 9.10. The number of aromatic nitrogens is 1. The first-order chi connectivity index (χ1) is 8.40. The van der Waals surface area contributed by atoms with Crippen molar-refractivity contribution in [2.24, 2.45) is 5.92 Å². The molecule has 0 aliphatic carbocycles. The number of halogens is 1. The van der Waals surface area contributed by atoms with Crippen LogP contribution in [0.3, 0.4) is 0 Å². The van der Waals surface area contributed by atoms with Crippen molar-refractivity contribution in [3.8, 4) is 0 Å². The Bertz CT molecular complexity index is 483. The molecule has 100 valence electrons. The lowest BCUT2D eigenvalue weighted by Crippen LogP contribution is -2.33. The molecule has 0 unspecified atom stereocenters. The van der Waals surface area contributed by atoms with Gasteiger partial charge in [-0.2, -0.15) is 0 Å². The number of carbonyl (C=O) groups excluding carboxylic acids is 1. The number of nitrogen functional groups attached to an aromatic ring is 1. The normalized spacial score (nSPS) is 10.7. The van der Waals surface area contributed by atoms with Crippen molar-refractivity contribution in [3.63, 3.8) is 0 Å². The van der Waals surface area contributed by atoms with Crippen LogP contribution in [-0.4, -0.2) is 17.0 Å². The highest BCUT2D eigenvalue weighted by atomic mass is 79.9. The summed E-state index contributed by atoms with van der Waals surface area (Å²) in [6, 6.07) is 1.52. The van der Waals surface area contributed by atoms with E-state index in [9.17, 15) is 9.59 Å². The molecule has 0 aromatic carbocycles. The van der Waals surface area contributed by atoms with Crippen LogP contribution < -0.4 is 16.6 Å². The lowest BCUT2D eigenvalue weighted by Gasteiger charge is -2.09. The van der Waals surface area contributed by atoms with Crippen LogP contribution in [0.15, 0.2) is 21.5 Å². The smallest absolute Gasteiger partial charge is 0.265 e. The third-order valence-electron chi connectivity index (χ3n) is 2.42. The number of nitrogens with zero attached hydrogens (tertiary/aromatic N) is 1. The third kappa shape index (κ3) is 4.52. The van der Waals surface area contributed by atoms with Crippen LogP contribution >= 0.6 is 15.9 Å². The average Bonchev–Trinajstić information content (AvgIpc) is 2.24. The molecule has 0 fully saturated rings. The Kier molecular flexibility index (Phi) is 5.40. The standard InChI is InChI=1S/C12H18BrN3O2/c1-8(2)3-4-15-11(17)7-16-6-9(14)5-10(13)12(16)18/h5-6,8H,3-4,7,14H2,1-2H3,(H,15,17). The number of carbonyl (C=O) groups is 1. The number of rotatable bonds is 5. The van der Waals surface area contributed by atoms with Gasteiger partial charge in [-0.1, -0.05) is 13.8 Å². The van der Waals surface area contributed by atoms with E-state index in [4.69, 9.17) is 5.73 Å². The summed E-state index contributed by atoms with van der Waals surface area (Å²) < 4.78 is 1.65. The monoisotopic (exact) mass is 315 g/mol. The van der Waals surface area contributed by atoms with Crippen LogP contribution in [0.5, 0.6) is 0 Å². The first-order valence-corrected chi connectivity index (χ1v) is 6.61. The number of hydrogen-bond acceptors (Lipinski definition) is 3. The second-order valence-electron chi connectivity index (χ2n) is 4.59. The zero-order valence-corrected chi connectivity index (χ0v) is 12.2. The number of nitrogens with two attached hydrogens (primary N) is 1. The maximum Gasteiger partial charge on any atom is 0.265 e. The molecule has 0 aliphatic heterocycles. The van der Waals surface area contributed by atoms with Crippen molar-refractivity contribution in [2.45, 2.75) is 26.8 Å². The molecule has 1 aromatic rings. The fraction of sp³-hybridized carbons (Fsp3) is 0.500. The van der Waals surface area contributed by atoms with Crippen LogP contribution in [0.2, 0.25) is 0 Å². The van der Waals surface area contributed by atoms with Gasteiger partial charge in [0.1, 0.15) is 6.54 Å². The van der Waals surface area contributed by atoms with Gasteiger partial charge >= 0.3 is 0 Å². The molecule has 1 rings (SSSR count). The van der Waals surface area contributed by atoms with Gasteiger partial charge in [-0.25, -0.2) is 0 Å². The summed E-state index contributed by atoms with van der Waals surface area (Å²) in [4.78, 5) is 23.4. The van der Waals surface area contributed by atoms with Crippen LogP contribution in [0.4, 0.5) is 5.69 Å². The molecule has 0 bridgehead atoms. The van der Waals surface area contributed by atoms with E-state index in [0.29, 0.717) is 22.6 Å². The summed E-state index contributed by atoms with van der Waals surface area (Å²) in [6.45, 7) is 4.78. The number of nitrogens with one attached hydrogen (secondary N) is 1. The van der Waals surface area contributed by atoms with E-state index < -0.39 is 0 Å². The van der Waals surface area contributed by atoms with Gasteiger partial charge in [0.05, 0.1) is 4.47 Å². The van der Waals surface area contributed by atoms with Crippen molar-refractivity contribution in [1.82, 2.24) is 9.88 Å². The molecule has 0 saturated heterocycles. The van der Waals surface area contributed by atoms with E-state index in [0.717, 1.165) is 6.42 Å². The third-order valence-corrected chi connectivity index (χ3v) is 2.99. The minimum absolute atomic E-state index is 0.0133. The molecule has 0 spiro atoms. The van der Waals surface area contributed by atoms with Crippen molar-refractivity contribution >= 4 is 27.5 Å². The molecular formula is C12H18BrN3O2. The Labute approximate surface area is 114 Å². The summed E-state index contributed by atoms with van der Waals surface area (Å²) >= 11 is 3.11. The summed E-state index contributed by atoms with van der Waals surface area (Å²) in [7, 11) is 0. The minimum atomic E-state index is -0.261. The molecule has 18 heavy (non-hydrogen) atoms. The first kappa shape index (κ1) is 14.8. The Hall–Kier alpha value is -1.30. The molecule has 6 heteroatoms. The first-order valence-electron chi connectivity index (χ1n) is 5.82. The second-order valence-corrected chi connectivity index (χ2v) is 5.44. The second kappa shape index (κ2) is 6.58. The van der Waals surface area contributed by atoms with Gasteiger partial charge in [-0.15, -0.1) is 0 Å². The molecule has 3 N–H and O–H groups in total. The van der Waals surface area contributed by atoms with Crippen molar-refractivity contribution in [2.75, 3.05) is 12.3 Å². The van der Waals surface area contributed by atoms with Crippen molar-refractivity contribution in [1.29, 1.82) is 0 Å². The highest BCUT2D eigenvalue weighted by Gasteiger charge is 2.07. The van der Waals surface area contributed by atoms with Crippen LogP contribution in [0, 0.1) is 5.92 Å². The Morgan fingerprint density at radius 2 is 2.22 bits per heavy atom. The molecule has 0 radical (unpaired) electrons. The Morgan fingerprint density at radius 3 is 2.83 bits per heavy atom. The minimum Gasteiger partial charge on any atom is -0.398 e. The number of anilines is 1. The topological polar surface area (TPSA) is 77.1 Å². The predicted molar refractivity (Wildman–Crippen MR) is 75.3 cm³/mol. The highest BCUT2D eigenvalue weighted by Crippen LogP contribution is 2.07. The van der Waals surface area contributed by atoms with Gasteiger partial charge < -0.3 is 15.6 Å². The Morgan fingerprint density at radius 1 is 1.56 bits per heavy atom. The maximum absolute atomic E-state index is 11.7. The Balaban J connectivity index is 2.62. The number of hydrogen-bond donors (Lipinski definition) is 2. The molecular weight excluding hydrogens is 298 g/mol. The van der Waals surface area contributed by atoms with E-state index >= 15 is 0 Å². The maximum atomic E-state index is 11.7. The fourth-order valence-electron chi connectivity index (χ4n) is 1.45. The van der Waals surface area contributed by atoms with Gasteiger partial charge in [-0.3, -0.25) is 9.59 Å². The summed E-state index contributed by atoms with van der Waals surface area (Å²) in [6.07, 6.45) is 2.39. The molecule has 1 heterocycles. The van der Waals surface area contributed by atoms with Gasteiger partial charge in [0.25, 0.3) is 5.56 Å². The van der Waals surface area contributed by atoms with Crippen LogP contribution in [0.25, 0.3) is 0 Å². The van der Waals surface area contributed by atoms with Crippen molar-refractivity contribution in [3.05, 3.63) is 27.1 Å². The van der Waals surface area contributed by atoms with Crippen LogP contribution in [0.1, 0.15) is 20.3 Å². The van der Waals surface area contributed by atoms with Crippen molar-refractivity contribution < 1.29 is 4.79 Å². The molecule has 1 amide bonds. The van der Waals surface area contributed by atoms with E-state index in [2.05, 4.69) is 35.1 Å². The average molecular weight is 316 g/mol. The van der Waals surface area contributed by atoms with Gasteiger partial charge in [-0.05, 0) is 34.3 Å². The summed E-state index contributed by atoms with van der Waals surface area (Å²) in [5.74, 6) is 0.352. The van der Waals surface area contributed by atoms with Gasteiger partial charge in [0, 0.05) is 18.4 Å². The van der Waals surface area contributed by atoms with E-state index in [1.54, 1.807) is 0 Å². The lowest BCUT2D eigenvalue weighted by atomic mass is 10.1. The van der Waals surface area contributed by atoms with E-state index in [1.807, 2.05) is 0 Å².